The number of hydrogen-bond acceptors (Lipinski definition) is 2. The van der Waals surface area contributed by atoms with Crippen molar-refractivity contribution in [1.29, 1.82) is 0 Å². The molecule has 1 heterocycles. The maximum absolute atomic E-state index is 12.7. The Morgan fingerprint density at radius 3 is 2.52 bits per heavy atom. The number of halogens is 3. The lowest BCUT2D eigenvalue weighted by Crippen LogP contribution is -2.34. The van der Waals surface area contributed by atoms with Crippen LogP contribution in [0.15, 0.2) is 29.1 Å². The van der Waals surface area contributed by atoms with E-state index in [0.717, 1.165) is 4.57 Å². The van der Waals surface area contributed by atoms with Gasteiger partial charge in [0.15, 0.2) is 0 Å². The van der Waals surface area contributed by atoms with E-state index in [0.29, 0.717) is 10.9 Å². The van der Waals surface area contributed by atoms with Gasteiger partial charge >= 0.3 is 6.18 Å². The Morgan fingerprint density at radius 1 is 1.33 bits per heavy atom. The van der Waals surface area contributed by atoms with Crippen molar-refractivity contribution in [2.45, 2.75) is 19.6 Å². The first-order chi connectivity index (χ1) is 9.79. The van der Waals surface area contributed by atoms with E-state index in [-0.39, 0.29) is 12.1 Å². The Bertz CT molecular complexity index is 826. The first-order valence-electron chi connectivity index (χ1n) is 5.96. The van der Waals surface area contributed by atoms with Crippen LogP contribution in [0, 0.1) is 19.3 Å². The number of carbonyl (C=O) groups is 1. The number of fused-ring (bicyclic) bond motifs is 1. The van der Waals surface area contributed by atoms with Gasteiger partial charge in [-0.2, -0.15) is 13.2 Å². The number of hydrogen-bond donors (Lipinski definition) is 0. The molecule has 0 atom stereocenters. The van der Waals surface area contributed by atoms with E-state index in [4.69, 9.17) is 6.42 Å². The molecule has 3 nitrogen and oxygen atoms in total. The van der Waals surface area contributed by atoms with Crippen LogP contribution in [0.1, 0.15) is 15.9 Å². The fourth-order valence-electron chi connectivity index (χ4n) is 2.22. The summed E-state index contributed by atoms with van der Waals surface area (Å²) in [6.45, 7) is 1.11. The number of benzene rings is 1. The largest absolute Gasteiger partial charge is 0.455 e. The summed E-state index contributed by atoms with van der Waals surface area (Å²) < 4.78 is 39.0. The van der Waals surface area contributed by atoms with E-state index >= 15 is 0 Å². The summed E-state index contributed by atoms with van der Waals surface area (Å²) in [5.74, 6) is 0.0604. The van der Waals surface area contributed by atoms with Crippen LogP contribution in [-0.4, -0.2) is 16.5 Å². The fourth-order valence-corrected chi connectivity index (χ4v) is 2.22. The zero-order chi connectivity index (χ0) is 15.8. The van der Waals surface area contributed by atoms with Crippen molar-refractivity contribution >= 4 is 16.7 Å². The van der Waals surface area contributed by atoms with Gasteiger partial charge in [0.25, 0.3) is 11.3 Å². The maximum atomic E-state index is 12.7. The summed E-state index contributed by atoms with van der Waals surface area (Å²) >= 11 is 0. The lowest BCUT2D eigenvalue weighted by molar-refractivity contribution is -0.0886. The Hall–Kier alpha value is -2.55. The zero-order valence-electron chi connectivity index (χ0n) is 11.0. The van der Waals surface area contributed by atoms with Crippen molar-refractivity contribution in [2.24, 2.45) is 0 Å². The van der Waals surface area contributed by atoms with Crippen molar-refractivity contribution < 1.29 is 18.0 Å². The third-order valence-corrected chi connectivity index (χ3v) is 3.17. The summed E-state index contributed by atoms with van der Waals surface area (Å²) in [5.41, 5.74) is -1.49. The Kier molecular flexibility index (Phi) is 3.60. The molecule has 0 saturated heterocycles. The maximum Gasteiger partial charge on any atom is 0.455 e. The van der Waals surface area contributed by atoms with Crippen LogP contribution in [0.2, 0.25) is 0 Å². The summed E-state index contributed by atoms with van der Waals surface area (Å²) in [7, 11) is 0. The average molecular weight is 293 g/mol. The summed E-state index contributed by atoms with van der Waals surface area (Å²) in [6, 6.07) is 6.37. The van der Waals surface area contributed by atoms with Gasteiger partial charge in [-0.3, -0.25) is 14.2 Å². The minimum Gasteiger partial charge on any atom is -0.296 e. The second-order valence-corrected chi connectivity index (χ2v) is 4.44. The molecule has 0 bridgehead atoms. The van der Waals surface area contributed by atoms with Gasteiger partial charge in [0.2, 0.25) is 0 Å². The highest BCUT2D eigenvalue weighted by molar-refractivity contribution is 6.04. The van der Waals surface area contributed by atoms with E-state index in [1.807, 2.05) is 0 Å². The number of alkyl halides is 3. The highest BCUT2D eigenvalue weighted by Crippen LogP contribution is 2.25. The lowest BCUT2D eigenvalue weighted by Gasteiger charge is -2.14. The molecule has 0 saturated carbocycles. The number of ketones is 1. The van der Waals surface area contributed by atoms with Crippen LogP contribution in [0.25, 0.3) is 10.9 Å². The number of Topliss-reactive ketones (excluding diaryl/α,β-unsaturated/α-hetero) is 1. The van der Waals surface area contributed by atoms with Crippen LogP contribution in [0.5, 0.6) is 0 Å². The van der Waals surface area contributed by atoms with E-state index in [2.05, 4.69) is 5.92 Å². The molecule has 0 aliphatic heterocycles. The van der Waals surface area contributed by atoms with Crippen LogP contribution in [-0.2, 0) is 6.54 Å². The molecule has 2 rings (SSSR count). The van der Waals surface area contributed by atoms with Gasteiger partial charge < -0.3 is 0 Å². The molecule has 0 aliphatic rings. The summed E-state index contributed by atoms with van der Waals surface area (Å²) in [6.07, 6.45) is 0.0428. The third-order valence-electron chi connectivity index (χ3n) is 3.17. The van der Waals surface area contributed by atoms with Crippen molar-refractivity contribution in [3.63, 3.8) is 0 Å². The number of rotatable bonds is 2. The summed E-state index contributed by atoms with van der Waals surface area (Å²) in [4.78, 5) is 23.7. The molecule has 2 aromatic rings. The SMILES string of the molecule is C#CCn1c(=O)c(C(=O)C(F)(F)F)c(C)c2ccccc21. The van der Waals surface area contributed by atoms with Gasteiger partial charge in [0, 0.05) is 5.39 Å². The lowest BCUT2D eigenvalue weighted by atomic mass is 10.0. The van der Waals surface area contributed by atoms with Crippen molar-refractivity contribution in [2.75, 3.05) is 0 Å². The third kappa shape index (κ3) is 2.42. The quantitative estimate of drug-likeness (QED) is 0.631. The molecule has 0 radical (unpaired) electrons. The van der Waals surface area contributed by atoms with Gasteiger partial charge in [0.1, 0.15) is 0 Å². The molecule has 108 valence electrons. The van der Waals surface area contributed by atoms with Crippen molar-refractivity contribution in [3.8, 4) is 12.3 Å². The van der Waals surface area contributed by atoms with Crippen molar-refractivity contribution in [1.82, 2.24) is 4.57 Å². The van der Waals surface area contributed by atoms with E-state index in [1.54, 1.807) is 24.3 Å². The smallest absolute Gasteiger partial charge is 0.296 e. The molecule has 1 aromatic heterocycles. The first kappa shape index (κ1) is 14.9. The van der Waals surface area contributed by atoms with Gasteiger partial charge in [-0.25, -0.2) is 0 Å². The second-order valence-electron chi connectivity index (χ2n) is 4.44. The molecule has 0 amide bonds. The number of terminal acetylenes is 1. The molecule has 0 spiro atoms. The fraction of sp³-hybridized carbons (Fsp3) is 0.200. The molecule has 0 N–H and O–H groups in total. The van der Waals surface area contributed by atoms with Gasteiger partial charge in [-0.1, -0.05) is 24.1 Å². The molecular formula is C15H10F3NO2. The normalized spacial score (nSPS) is 11.4. The van der Waals surface area contributed by atoms with Gasteiger partial charge in [-0.15, -0.1) is 6.42 Å². The molecule has 6 heteroatoms. The number of pyridine rings is 1. The average Bonchev–Trinajstić information content (AvgIpc) is 2.42. The highest BCUT2D eigenvalue weighted by atomic mass is 19.4. The minimum atomic E-state index is -5.11. The van der Waals surface area contributed by atoms with E-state index < -0.39 is 23.1 Å². The monoisotopic (exact) mass is 293 g/mol. The predicted molar refractivity (Wildman–Crippen MR) is 72.2 cm³/mol. The number of nitrogens with zero attached hydrogens (tertiary/aromatic N) is 1. The Balaban J connectivity index is 2.94. The number of aryl methyl sites for hydroxylation is 1. The number of aromatic nitrogens is 1. The molecule has 21 heavy (non-hydrogen) atoms. The second kappa shape index (κ2) is 5.09. The number of para-hydroxylation sites is 1. The Morgan fingerprint density at radius 2 is 1.95 bits per heavy atom. The Labute approximate surface area is 118 Å². The minimum absolute atomic E-state index is 0.00574. The molecule has 1 aromatic carbocycles. The van der Waals surface area contributed by atoms with Crippen LogP contribution >= 0.6 is 0 Å². The van der Waals surface area contributed by atoms with Crippen LogP contribution in [0.3, 0.4) is 0 Å². The molecule has 0 aliphatic carbocycles. The predicted octanol–water partition coefficient (Wildman–Crippen LogP) is 2.69. The highest BCUT2D eigenvalue weighted by Gasteiger charge is 2.42. The standard InChI is InChI=1S/C15H10F3NO2/c1-3-8-19-11-7-5-4-6-10(11)9(2)12(14(19)21)13(20)15(16,17)18/h1,4-7H,8H2,2H3. The number of carbonyl (C=O) groups excluding carboxylic acids is 1. The van der Waals surface area contributed by atoms with Crippen molar-refractivity contribution in [3.05, 3.63) is 45.7 Å². The molecule has 0 unspecified atom stereocenters. The van der Waals surface area contributed by atoms with Crippen LogP contribution in [0.4, 0.5) is 13.2 Å². The van der Waals surface area contributed by atoms with E-state index in [9.17, 15) is 22.8 Å². The van der Waals surface area contributed by atoms with Gasteiger partial charge in [-0.05, 0) is 18.6 Å². The molecule has 0 fully saturated rings. The molecular weight excluding hydrogens is 283 g/mol. The van der Waals surface area contributed by atoms with E-state index in [1.165, 1.54) is 6.92 Å². The van der Waals surface area contributed by atoms with Crippen LogP contribution < -0.4 is 5.56 Å². The first-order valence-corrected chi connectivity index (χ1v) is 5.96. The zero-order valence-corrected chi connectivity index (χ0v) is 11.0. The van der Waals surface area contributed by atoms with Gasteiger partial charge in [0.05, 0.1) is 17.6 Å². The topological polar surface area (TPSA) is 39.1 Å². The summed E-state index contributed by atoms with van der Waals surface area (Å²) in [5, 5.41) is 0.389.